The van der Waals surface area contributed by atoms with Crippen LogP contribution in [0.25, 0.3) is 0 Å². The predicted octanol–water partition coefficient (Wildman–Crippen LogP) is 2.08. The van der Waals surface area contributed by atoms with E-state index in [1.807, 2.05) is 42.1 Å². The lowest BCUT2D eigenvalue weighted by molar-refractivity contribution is -0.192. The maximum Gasteiger partial charge on any atom is 0.490 e. The molecular weight excluding hydrogens is 391 g/mol. The summed E-state index contributed by atoms with van der Waals surface area (Å²) in [5, 5.41) is 10.1. The Morgan fingerprint density at radius 3 is 2.28 bits per heavy atom. The highest BCUT2D eigenvalue weighted by atomic mass is 19.4. The topological polar surface area (TPSA) is 90.0 Å². The molecular formula is C19H24F3N3O4. The highest BCUT2D eigenvalue weighted by molar-refractivity contribution is 5.95. The number of likely N-dealkylation sites (tertiary alicyclic amines) is 1. The summed E-state index contributed by atoms with van der Waals surface area (Å²) in [5.74, 6) is -2.49. The third-order valence-corrected chi connectivity index (χ3v) is 5.04. The molecule has 2 aliphatic rings. The molecule has 1 saturated heterocycles. The van der Waals surface area contributed by atoms with Gasteiger partial charge in [0.05, 0.1) is 6.54 Å². The van der Waals surface area contributed by atoms with Crippen LogP contribution in [-0.4, -0.2) is 72.6 Å². The van der Waals surface area contributed by atoms with Crippen LogP contribution in [0.4, 0.5) is 18.9 Å². The lowest BCUT2D eigenvalue weighted by Crippen LogP contribution is -2.50. The number of halogens is 3. The average molecular weight is 415 g/mol. The quantitative estimate of drug-likeness (QED) is 0.772. The number of para-hydroxylation sites is 1. The zero-order valence-electron chi connectivity index (χ0n) is 16.3. The van der Waals surface area contributed by atoms with Crippen LogP contribution >= 0.6 is 0 Å². The second-order valence-electron chi connectivity index (χ2n) is 7.47. The van der Waals surface area contributed by atoms with Crippen LogP contribution in [-0.2, 0) is 19.8 Å². The van der Waals surface area contributed by atoms with E-state index in [2.05, 4.69) is 11.4 Å². The first-order valence-electron chi connectivity index (χ1n) is 9.06. The number of carboxylic acid groups (broad SMARTS) is 1. The molecule has 0 aliphatic carbocycles. The van der Waals surface area contributed by atoms with Crippen molar-refractivity contribution in [1.82, 2.24) is 9.80 Å². The fourth-order valence-electron chi connectivity index (χ4n) is 3.65. The molecule has 1 spiro atoms. The Bertz CT molecular complexity index is 772. The van der Waals surface area contributed by atoms with E-state index >= 15 is 0 Å². The number of anilines is 1. The van der Waals surface area contributed by atoms with Crippen LogP contribution in [0.15, 0.2) is 24.3 Å². The van der Waals surface area contributed by atoms with Crippen molar-refractivity contribution in [1.29, 1.82) is 0 Å². The van der Waals surface area contributed by atoms with Gasteiger partial charge in [-0.3, -0.25) is 9.59 Å². The van der Waals surface area contributed by atoms with E-state index in [1.165, 1.54) is 5.56 Å². The number of carbonyl (C=O) groups is 3. The number of benzene rings is 1. The minimum Gasteiger partial charge on any atom is -0.475 e. The van der Waals surface area contributed by atoms with E-state index in [4.69, 9.17) is 9.90 Å². The highest BCUT2D eigenvalue weighted by Crippen LogP contribution is 2.44. The number of rotatable bonds is 2. The van der Waals surface area contributed by atoms with Gasteiger partial charge in [0.25, 0.3) is 0 Å². The van der Waals surface area contributed by atoms with Crippen LogP contribution < -0.4 is 5.32 Å². The van der Waals surface area contributed by atoms with Crippen molar-refractivity contribution >= 4 is 23.5 Å². The molecule has 7 nitrogen and oxygen atoms in total. The van der Waals surface area contributed by atoms with Crippen LogP contribution in [0.2, 0.25) is 0 Å². The minimum absolute atomic E-state index is 0.0896. The number of carboxylic acids is 1. The van der Waals surface area contributed by atoms with Gasteiger partial charge in [-0.05, 0) is 38.6 Å². The molecule has 2 N–H and O–H groups in total. The Morgan fingerprint density at radius 1 is 1.21 bits per heavy atom. The number of fused-ring (bicyclic) bond motifs is 2. The van der Waals surface area contributed by atoms with Crippen molar-refractivity contribution in [3.05, 3.63) is 29.8 Å². The largest absolute Gasteiger partial charge is 0.490 e. The summed E-state index contributed by atoms with van der Waals surface area (Å²) >= 11 is 0. The lowest BCUT2D eigenvalue weighted by atomic mass is 9.68. The molecule has 0 bridgehead atoms. The molecule has 2 heterocycles. The molecule has 0 radical (unpaired) electrons. The van der Waals surface area contributed by atoms with Gasteiger partial charge in [0, 0.05) is 30.6 Å². The number of nitrogens with zero attached hydrogens (tertiary/aromatic N) is 2. The van der Waals surface area contributed by atoms with Crippen LogP contribution in [0, 0.1) is 0 Å². The molecule has 1 aromatic carbocycles. The van der Waals surface area contributed by atoms with Gasteiger partial charge >= 0.3 is 12.1 Å². The number of hydrogen-bond acceptors (Lipinski definition) is 4. The van der Waals surface area contributed by atoms with Crippen molar-refractivity contribution in [3.63, 3.8) is 0 Å². The number of carbonyl (C=O) groups excluding carboxylic acids is 2. The molecule has 2 amide bonds. The maximum absolute atomic E-state index is 12.2. The Morgan fingerprint density at radius 2 is 1.76 bits per heavy atom. The van der Waals surface area contributed by atoms with Crippen molar-refractivity contribution in [2.45, 2.75) is 30.9 Å². The number of piperidine rings is 1. The van der Waals surface area contributed by atoms with Gasteiger partial charge in [-0.25, -0.2) is 4.79 Å². The summed E-state index contributed by atoms with van der Waals surface area (Å²) in [7, 11) is 3.82. The first-order chi connectivity index (χ1) is 13.4. The Balaban J connectivity index is 0.000000370. The summed E-state index contributed by atoms with van der Waals surface area (Å²) in [6, 6.07) is 8.07. The average Bonchev–Trinajstić information content (AvgIpc) is 2.61. The molecule has 1 aromatic rings. The summed E-state index contributed by atoms with van der Waals surface area (Å²) < 4.78 is 31.7. The van der Waals surface area contributed by atoms with Gasteiger partial charge in [-0.1, -0.05) is 18.2 Å². The Hall–Kier alpha value is -2.62. The maximum atomic E-state index is 12.2. The molecule has 0 aromatic heterocycles. The number of likely N-dealkylation sites (N-methyl/N-ethyl adjacent to an activating group) is 1. The van der Waals surface area contributed by atoms with E-state index in [9.17, 15) is 22.8 Å². The minimum atomic E-state index is -5.08. The first kappa shape index (κ1) is 22.7. The summed E-state index contributed by atoms with van der Waals surface area (Å²) in [4.78, 5) is 37.0. The number of amides is 2. The summed E-state index contributed by atoms with van der Waals surface area (Å²) in [5.41, 5.74) is 2.06. The van der Waals surface area contributed by atoms with Crippen LogP contribution in [0.3, 0.4) is 0 Å². The van der Waals surface area contributed by atoms with Gasteiger partial charge in [0.2, 0.25) is 11.8 Å². The van der Waals surface area contributed by atoms with E-state index in [1.54, 1.807) is 0 Å². The molecule has 0 atom stereocenters. The molecule has 29 heavy (non-hydrogen) atoms. The number of aliphatic carboxylic acids is 1. The van der Waals surface area contributed by atoms with Crippen LogP contribution in [0.5, 0.6) is 0 Å². The van der Waals surface area contributed by atoms with Crippen molar-refractivity contribution in [2.75, 3.05) is 39.0 Å². The third-order valence-electron chi connectivity index (χ3n) is 5.04. The van der Waals surface area contributed by atoms with Gasteiger partial charge in [-0.2, -0.15) is 13.2 Å². The third kappa shape index (κ3) is 5.69. The zero-order valence-corrected chi connectivity index (χ0v) is 16.3. The Labute approximate surface area is 166 Å². The fraction of sp³-hybridized carbons (Fsp3) is 0.526. The molecule has 0 unspecified atom stereocenters. The number of nitrogens with one attached hydrogen (secondary N) is 1. The fourth-order valence-corrected chi connectivity index (χ4v) is 3.65. The first-order valence-corrected chi connectivity index (χ1v) is 9.06. The monoisotopic (exact) mass is 415 g/mol. The van der Waals surface area contributed by atoms with Crippen molar-refractivity contribution in [3.8, 4) is 0 Å². The second-order valence-corrected chi connectivity index (χ2v) is 7.47. The van der Waals surface area contributed by atoms with Gasteiger partial charge in [0.15, 0.2) is 0 Å². The summed E-state index contributed by atoms with van der Waals surface area (Å²) in [6.45, 7) is 1.91. The van der Waals surface area contributed by atoms with Crippen molar-refractivity contribution < 1.29 is 32.7 Å². The molecule has 0 saturated carbocycles. The molecule has 10 heteroatoms. The predicted molar refractivity (Wildman–Crippen MR) is 99.4 cm³/mol. The highest BCUT2D eigenvalue weighted by Gasteiger charge is 2.43. The van der Waals surface area contributed by atoms with E-state index in [0.29, 0.717) is 13.0 Å². The van der Waals surface area contributed by atoms with Gasteiger partial charge in [0.1, 0.15) is 0 Å². The zero-order chi connectivity index (χ0) is 21.8. The summed E-state index contributed by atoms with van der Waals surface area (Å²) in [6.07, 6.45) is -2.84. The number of hydrogen-bond donors (Lipinski definition) is 2. The normalized spacial score (nSPS) is 17.9. The molecule has 2 aliphatic heterocycles. The lowest BCUT2D eigenvalue weighted by Gasteiger charge is -2.45. The van der Waals surface area contributed by atoms with Crippen LogP contribution in [0.1, 0.15) is 24.8 Å². The molecule has 3 rings (SSSR count). The van der Waals surface area contributed by atoms with Gasteiger partial charge in [-0.15, -0.1) is 0 Å². The van der Waals surface area contributed by atoms with E-state index in [0.717, 1.165) is 31.6 Å². The van der Waals surface area contributed by atoms with Crippen molar-refractivity contribution in [2.24, 2.45) is 0 Å². The van der Waals surface area contributed by atoms with E-state index < -0.39 is 12.1 Å². The SMILES string of the molecule is CN(C)CC(=O)N1CCC2(CC1)CC(=O)Nc1ccccc12.O=C(O)C(F)(F)F. The second kappa shape index (κ2) is 8.81. The molecule has 160 valence electrons. The van der Waals surface area contributed by atoms with E-state index in [-0.39, 0.29) is 17.2 Å². The van der Waals surface area contributed by atoms with Gasteiger partial charge < -0.3 is 20.2 Å². The molecule has 1 fully saturated rings. The smallest absolute Gasteiger partial charge is 0.475 e. The Kier molecular flexibility index (Phi) is 6.89. The standard InChI is InChI=1S/C17H23N3O2.C2HF3O2/c1-19(2)12-16(22)20-9-7-17(8-10-20)11-15(21)18-14-6-4-3-5-13(14)17;3-2(4,5)1(6)7/h3-6H,7-12H2,1-2H3,(H,18,21);(H,6,7). The number of alkyl halides is 3.